The monoisotopic (exact) mass is 288 g/mol. The van der Waals surface area contributed by atoms with Crippen LogP contribution in [0.25, 0.3) is 0 Å². The van der Waals surface area contributed by atoms with E-state index in [2.05, 4.69) is 33.0 Å². The van der Waals surface area contributed by atoms with E-state index in [1.54, 1.807) is 6.20 Å². The number of morpholine rings is 1. The normalized spacial score (nSPS) is 23.3. The van der Waals surface area contributed by atoms with E-state index < -0.39 is 0 Å². The van der Waals surface area contributed by atoms with Gasteiger partial charge in [-0.1, -0.05) is 11.2 Å². The summed E-state index contributed by atoms with van der Waals surface area (Å²) in [5.74, 6) is 1.31. The Balaban J connectivity index is 1.72. The van der Waals surface area contributed by atoms with E-state index in [9.17, 15) is 0 Å². The average Bonchev–Trinajstić information content (AvgIpc) is 2.92. The minimum atomic E-state index is 0.0246. The average molecular weight is 288 g/mol. The van der Waals surface area contributed by atoms with Crippen molar-refractivity contribution >= 4 is 0 Å². The molecule has 0 amide bonds. The Morgan fingerprint density at radius 1 is 1.43 bits per heavy atom. The van der Waals surface area contributed by atoms with Crippen LogP contribution in [-0.4, -0.2) is 45.8 Å². The Bertz CT molecular complexity index is 572. The lowest BCUT2D eigenvalue weighted by molar-refractivity contribution is -0.0723. The van der Waals surface area contributed by atoms with Crippen LogP contribution in [0.1, 0.15) is 30.2 Å². The van der Waals surface area contributed by atoms with Crippen molar-refractivity contribution < 1.29 is 9.26 Å². The van der Waals surface area contributed by atoms with Crippen molar-refractivity contribution in [1.29, 1.82) is 0 Å². The molecule has 1 saturated heterocycles. The first-order valence-electron chi connectivity index (χ1n) is 7.29. The Kier molecular flexibility index (Phi) is 4.26. The fraction of sp³-hybridized carbons (Fsp3) is 0.533. The number of nitrogens with zero attached hydrogens (tertiary/aromatic N) is 4. The van der Waals surface area contributed by atoms with Crippen molar-refractivity contribution in [3.8, 4) is 0 Å². The van der Waals surface area contributed by atoms with Gasteiger partial charge in [0.25, 0.3) is 0 Å². The van der Waals surface area contributed by atoms with E-state index in [1.807, 2.05) is 19.2 Å². The van der Waals surface area contributed by atoms with Crippen molar-refractivity contribution in [3.63, 3.8) is 0 Å². The minimum absolute atomic E-state index is 0.0246. The fourth-order valence-corrected chi connectivity index (χ4v) is 2.74. The third kappa shape index (κ3) is 3.28. The van der Waals surface area contributed by atoms with Crippen molar-refractivity contribution in [2.24, 2.45) is 0 Å². The maximum Gasteiger partial charge on any atom is 0.246 e. The van der Waals surface area contributed by atoms with Crippen LogP contribution in [0.15, 0.2) is 29.0 Å². The molecule has 0 aliphatic carbocycles. The van der Waals surface area contributed by atoms with Gasteiger partial charge in [-0.05, 0) is 31.9 Å². The molecule has 0 unspecified atom stereocenters. The van der Waals surface area contributed by atoms with E-state index in [0.717, 1.165) is 26.1 Å². The van der Waals surface area contributed by atoms with Crippen molar-refractivity contribution in [3.05, 3.63) is 41.8 Å². The van der Waals surface area contributed by atoms with Gasteiger partial charge in [-0.3, -0.25) is 9.88 Å². The van der Waals surface area contributed by atoms with Gasteiger partial charge < -0.3 is 9.26 Å². The maximum absolute atomic E-state index is 5.75. The molecule has 0 N–H and O–H groups in total. The summed E-state index contributed by atoms with van der Waals surface area (Å²) in [6.07, 6.45) is 4.71. The largest absolute Gasteiger partial charge is 0.375 e. The van der Waals surface area contributed by atoms with Crippen LogP contribution in [0.5, 0.6) is 0 Å². The lowest BCUT2D eigenvalue weighted by atomic mass is 10.1. The smallest absolute Gasteiger partial charge is 0.246 e. The summed E-state index contributed by atoms with van der Waals surface area (Å²) in [5.41, 5.74) is 1.23. The zero-order chi connectivity index (χ0) is 14.7. The minimum Gasteiger partial charge on any atom is -0.375 e. The molecule has 1 aliphatic heterocycles. The van der Waals surface area contributed by atoms with E-state index in [4.69, 9.17) is 9.26 Å². The fourth-order valence-electron chi connectivity index (χ4n) is 2.74. The standard InChI is InChI=1S/C15H20N4O2/c1-11-14(15-17-12(2)18-21-15)19(8-9-20-11)7-5-13-4-3-6-16-10-13/h3-4,6,10-11,14H,5,7-9H2,1-2H3/t11-,14+/m1/s1. The molecule has 0 bridgehead atoms. The van der Waals surface area contributed by atoms with Gasteiger partial charge >= 0.3 is 0 Å². The van der Waals surface area contributed by atoms with Gasteiger partial charge in [0.2, 0.25) is 5.89 Å². The number of aromatic nitrogens is 3. The topological polar surface area (TPSA) is 64.3 Å². The highest BCUT2D eigenvalue weighted by atomic mass is 16.5. The van der Waals surface area contributed by atoms with E-state index in [1.165, 1.54) is 5.56 Å². The van der Waals surface area contributed by atoms with Crippen molar-refractivity contribution in [2.75, 3.05) is 19.7 Å². The number of rotatable bonds is 4. The summed E-state index contributed by atoms with van der Waals surface area (Å²) < 4.78 is 11.1. The van der Waals surface area contributed by atoms with Crippen LogP contribution in [0.2, 0.25) is 0 Å². The Labute approximate surface area is 124 Å². The van der Waals surface area contributed by atoms with Crippen molar-refractivity contribution in [1.82, 2.24) is 20.0 Å². The molecular weight excluding hydrogens is 268 g/mol. The van der Waals surface area contributed by atoms with Gasteiger partial charge in [0, 0.05) is 25.5 Å². The van der Waals surface area contributed by atoms with Crippen LogP contribution >= 0.6 is 0 Å². The van der Waals surface area contributed by atoms with Gasteiger partial charge in [0.1, 0.15) is 6.04 Å². The van der Waals surface area contributed by atoms with Gasteiger partial charge in [-0.25, -0.2) is 0 Å². The quantitative estimate of drug-likeness (QED) is 0.854. The summed E-state index contributed by atoms with van der Waals surface area (Å²) in [6, 6.07) is 4.09. The molecule has 2 atom stereocenters. The first-order chi connectivity index (χ1) is 10.2. The molecule has 21 heavy (non-hydrogen) atoms. The summed E-state index contributed by atoms with van der Waals surface area (Å²) in [4.78, 5) is 10.9. The van der Waals surface area contributed by atoms with Crippen LogP contribution < -0.4 is 0 Å². The molecule has 2 aromatic rings. The van der Waals surface area contributed by atoms with Gasteiger partial charge in [-0.2, -0.15) is 4.98 Å². The molecule has 3 rings (SSSR count). The highest BCUT2D eigenvalue weighted by Crippen LogP contribution is 2.28. The molecule has 6 nitrogen and oxygen atoms in total. The first kappa shape index (κ1) is 14.2. The molecule has 3 heterocycles. The third-order valence-corrected chi connectivity index (χ3v) is 3.80. The number of aryl methyl sites for hydroxylation is 1. The lowest BCUT2D eigenvalue weighted by Crippen LogP contribution is -2.45. The third-order valence-electron chi connectivity index (χ3n) is 3.80. The number of pyridine rings is 1. The van der Waals surface area contributed by atoms with Crippen molar-refractivity contribution in [2.45, 2.75) is 32.4 Å². The van der Waals surface area contributed by atoms with Crippen LogP contribution in [0.4, 0.5) is 0 Å². The molecule has 112 valence electrons. The predicted octanol–water partition coefficient (Wildman–Crippen LogP) is 1.78. The van der Waals surface area contributed by atoms with Crippen LogP contribution in [-0.2, 0) is 11.2 Å². The molecule has 0 radical (unpaired) electrons. The highest BCUT2D eigenvalue weighted by Gasteiger charge is 2.34. The van der Waals surface area contributed by atoms with Crippen LogP contribution in [0.3, 0.4) is 0 Å². The summed E-state index contributed by atoms with van der Waals surface area (Å²) in [7, 11) is 0. The summed E-state index contributed by atoms with van der Waals surface area (Å²) >= 11 is 0. The number of hydrogen-bond donors (Lipinski definition) is 0. The SMILES string of the molecule is Cc1noc([C@@H]2[C@@H](C)OCCN2CCc2cccnc2)n1. The number of hydrogen-bond acceptors (Lipinski definition) is 6. The molecule has 1 fully saturated rings. The van der Waals surface area contributed by atoms with Gasteiger partial charge in [0.05, 0.1) is 12.7 Å². The molecule has 1 aliphatic rings. The van der Waals surface area contributed by atoms with E-state index >= 15 is 0 Å². The molecule has 2 aromatic heterocycles. The zero-order valence-corrected chi connectivity index (χ0v) is 12.4. The molecule has 6 heteroatoms. The summed E-state index contributed by atoms with van der Waals surface area (Å²) in [6.45, 7) is 6.42. The second-order valence-electron chi connectivity index (χ2n) is 5.35. The second kappa shape index (κ2) is 6.32. The highest BCUT2D eigenvalue weighted by molar-refractivity contribution is 5.09. The predicted molar refractivity (Wildman–Crippen MR) is 76.7 cm³/mol. The van der Waals surface area contributed by atoms with Gasteiger partial charge in [0.15, 0.2) is 5.82 Å². The summed E-state index contributed by atoms with van der Waals surface area (Å²) in [5, 5.41) is 3.90. The molecule has 0 saturated carbocycles. The van der Waals surface area contributed by atoms with E-state index in [-0.39, 0.29) is 12.1 Å². The second-order valence-corrected chi connectivity index (χ2v) is 5.35. The molecule has 0 spiro atoms. The Morgan fingerprint density at radius 2 is 2.33 bits per heavy atom. The molecular formula is C15H20N4O2. The Hall–Kier alpha value is -1.79. The van der Waals surface area contributed by atoms with E-state index in [0.29, 0.717) is 11.7 Å². The lowest BCUT2D eigenvalue weighted by Gasteiger charge is -2.37. The molecule has 0 aromatic carbocycles. The van der Waals surface area contributed by atoms with Crippen LogP contribution in [0, 0.1) is 6.92 Å². The zero-order valence-electron chi connectivity index (χ0n) is 12.4. The Morgan fingerprint density at radius 3 is 3.05 bits per heavy atom. The number of ether oxygens (including phenoxy) is 1. The maximum atomic E-state index is 5.75. The first-order valence-corrected chi connectivity index (χ1v) is 7.29. The van der Waals surface area contributed by atoms with Gasteiger partial charge in [-0.15, -0.1) is 0 Å².